The SMILES string of the molecule is O=C1[N]c2nccnc2N1. The number of nitrogens with zero attached hydrogens (tertiary/aromatic N) is 3. The Balaban J connectivity index is 2.51. The van der Waals surface area contributed by atoms with E-state index in [1.807, 2.05) is 0 Å². The van der Waals surface area contributed by atoms with Gasteiger partial charge in [-0.1, -0.05) is 0 Å². The van der Waals surface area contributed by atoms with E-state index in [-0.39, 0.29) is 0 Å². The zero-order valence-electron chi connectivity index (χ0n) is 4.90. The summed E-state index contributed by atoms with van der Waals surface area (Å²) >= 11 is 0. The molecule has 1 radical (unpaired) electrons. The first-order valence-electron chi connectivity index (χ1n) is 2.70. The summed E-state index contributed by atoms with van der Waals surface area (Å²) < 4.78 is 0. The van der Waals surface area contributed by atoms with Crippen LogP contribution >= 0.6 is 0 Å². The van der Waals surface area contributed by atoms with E-state index in [4.69, 9.17) is 0 Å². The van der Waals surface area contributed by atoms with Crippen LogP contribution in [0.25, 0.3) is 0 Å². The predicted octanol–water partition coefficient (Wildman–Crippen LogP) is 0.258. The number of aromatic nitrogens is 2. The maximum atomic E-state index is 10.5. The van der Waals surface area contributed by atoms with Crippen LogP contribution in [-0.4, -0.2) is 16.0 Å². The lowest BCUT2D eigenvalue weighted by Gasteiger charge is -1.88. The van der Waals surface area contributed by atoms with Gasteiger partial charge < -0.3 is 0 Å². The van der Waals surface area contributed by atoms with Gasteiger partial charge in [0.15, 0.2) is 5.82 Å². The summed E-state index contributed by atoms with van der Waals surface area (Å²) in [6.07, 6.45) is 2.99. The molecule has 0 fully saturated rings. The van der Waals surface area contributed by atoms with Crippen molar-refractivity contribution in [2.24, 2.45) is 0 Å². The summed E-state index contributed by atoms with van der Waals surface area (Å²) in [6.45, 7) is 0. The molecule has 2 rings (SSSR count). The molecule has 1 N–H and O–H groups in total. The molecule has 1 aliphatic rings. The largest absolute Gasteiger partial charge is 0.348 e. The Morgan fingerprint density at radius 2 is 2.10 bits per heavy atom. The van der Waals surface area contributed by atoms with Crippen LogP contribution in [0.2, 0.25) is 0 Å². The molecule has 0 atom stereocenters. The van der Waals surface area contributed by atoms with Crippen molar-refractivity contribution >= 4 is 17.7 Å². The third-order valence-corrected chi connectivity index (χ3v) is 1.11. The van der Waals surface area contributed by atoms with Crippen LogP contribution in [0.3, 0.4) is 0 Å². The number of urea groups is 1. The third kappa shape index (κ3) is 0.604. The summed E-state index contributed by atoms with van der Waals surface area (Å²) in [4.78, 5) is 18.2. The van der Waals surface area contributed by atoms with Crippen molar-refractivity contribution in [2.45, 2.75) is 0 Å². The molecule has 10 heavy (non-hydrogen) atoms. The lowest BCUT2D eigenvalue weighted by atomic mass is 10.6. The van der Waals surface area contributed by atoms with Crippen molar-refractivity contribution in [3.63, 3.8) is 0 Å². The van der Waals surface area contributed by atoms with Gasteiger partial charge in [-0.25, -0.2) is 14.8 Å². The molecule has 1 aromatic heterocycles. The molecule has 1 aromatic rings. The van der Waals surface area contributed by atoms with Crippen LogP contribution in [0.15, 0.2) is 12.4 Å². The number of hydrogen-bond acceptors (Lipinski definition) is 3. The summed E-state index contributed by atoms with van der Waals surface area (Å²) in [6, 6.07) is -0.402. The van der Waals surface area contributed by atoms with Gasteiger partial charge in [0.1, 0.15) is 0 Å². The number of amides is 2. The second-order valence-electron chi connectivity index (χ2n) is 1.77. The molecular weight excluding hydrogens is 132 g/mol. The maximum Gasteiger partial charge on any atom is 0.348 e. The molecule has 2 heterocycles. The molecule has 1 aliphatic heterocycles. The van der Waals surface area contributed by atoms with Crippen molar-refractivity contribution in [2.75, 3.05) is 5.32 Å². The molecule has 0 bridgehead atoms. The quantitative estimate of drug-likeness (QED) is 0.554. The van der Waals surface area contributed by atoms with Crippen LogP contribution in [0.5, 0.6) is 0 Å². The van der Waals surface area contributed by atoms with E-state index in [1.54, 1.807) is 0 Å². The van der Waals surface area contributed by atoms with E-state index in [1.165, 1.54) is 12.4 Å². The lowest BCUT2D eigenvalue weighted by Crippen LogP contribution is -2.08. The Kier molecular flexibility index (Phi) is 0.858. The van der Waals surface area contributed by atoms with Gasteiger partial charge >= 0.3 is 6.03 Å². The van der Waals surface area contributed by atoms with Gasteiger partial charge in [-0.05, 0) is 0 Å². The first kappa shape index (κ1) is 5.16. The van der Waals surface area contributed by atoms with E-state index in [0.717, 1.165) is 0 Å². The molecule has 0 saturated carbocycles. The Hall–Kier alpha value is -1.65. The second-order valence-corrected chi connectivity index (χ2v) is 1.77. The van der Waals surface area contributed by atoms with Gasteiger partial charge in [0, 0.05) is 12.4 Å². The number of rotatable bonds is 0. The highest BCUT2D eigenvalue weighted by atomic mass is 16.2. The number of nitrogens with one attached hydrogen (secondary N) is 1. The Morgan fingerprint density at radius 3 is 2.90 bits per heavy atom. The zero-order valence-corrected chi connectivity index (χ0v) is 4.90. The number of hydrogen-bond donors (Lipinski definition) is 1. The van der Waals surface area contributed by atoms with Crippen LogP contribution in [0, 0.1) is 0 Å². The maximum absolute atomic E-state index is 10.5. The predicted molar refractivity (Wildman–Crippen MR) is 32.8 cm³/mol. The number of anilines is 1. The minimum atomic E-state index is -0.402. The van der Waals surface area contributed by atoms with Crippen molar-refractivity contribution in [3.8, 4) is 0 Å². The molecule has 0 saturated heterocycles. The summed E-state index contributed by atoms with van der Waals surface area (Å²) in [5.74, 6) is 0.806. The standard InChI is InChI=1S/C5H3N4O/c10-5-8-3-4(9-5)7-2-1-6-3/h1-2H,(H,6,8,10). The Bertz CT molecular complexity index is 258. The molecule has 0 spiro atoms. The topological polar surface area (TPSA) is 69.0 Å². The van der Waals surface area contributed by atoms with Gasteiger partial charge in [0.2, 0.25) is 5.82 Å². The molecule has 5 heteroatoms. The van der Waals surface area contributed by atoms with E-state index in [9.17, 15) is 4.79 Å². The van der Waals surface area contributed by atoms with E-state index in [0.29, 0.717) is 11.6 Å². The zero-order chi connectivity index (χ0) is 6.97. The minimum Gasteiger partial charge on any atom is -0.287 e. The number of carbonyl (C=O) groups excluding carboxylic acids is 1. The smallest absolute Gasteiger partial charge is 0.287 e. The average molecular weight is 135 g/mol. The fourth-order valence-corrected chi connectivity index (χ4v) is 0.726. The summed E-state index contributed by atoms with van der Waals surface area (Å²) in [5.41, 5.74) is 0. The molecular formula is C5H3N4O. The summed E-state index contributed by atoms with van der Waals surface area (Å²) in [5, 5.41) is 5.95. The Morgan fingerprint density at radius 1 is 1.30 bits per heavy atom. The fraction of sp³-hybridized carbons (Fsp3) is 0. The van der Waals surface area contributed by atoms with Crippen molar-refractivity contribution in [3.05, 3.63) is 12.4 Å². The minimum absolute atomic E-state index is 0.368. The average Bonchev–Trinajstić information content (AvgIpc) is 2.27. The van der Waals surface area contributed by atoms with E-state index in [2.05, 4.69) is 20.6 Å². The van der Waals surface area contributed by atoms with Gasteiger partial charge in [0.05, 0.1) is 0 Å². The van der Waals surface area contributed by atoms with E-state index < -0.39 is 6.03 Å². The van der Waals surface area contributed by atoms with Crippen LogP contribution in [-0.2, 0) is 0 Å². The molecule has 49 valence electrons. The van der Waals surface area contributed by atoms with E-state index >= 15 is 0 Å². The highest BCUT2D eigenvalue weighted by molar-refractivity contribution is 5.99. The van der Waals surface area contributed by atoms with Gasteiger partial charge in [-0.3, -0.25) is 5.32 Å². The van der Waals surface area contributed by atoms with Crippen LogP contribution in [0.4, 0.5) is 16.4 Å². The Labute approximate surface area is 56.5 Å². The number of carbonyl (C=O) groups is 1. The molecule has 5 nitrogen and oxygen atoms in total. The highest BCUT2D eigenvalue weighted by Crippen LogP contribution is 2.19. The monoisotopic (exact) mass is 135 g/mol. The molecule has 0 aromatic carbocycles. The fourth-order valence-electron chi connectivity index (χ4n) is 0.726. The normalized spacial score (nSPS) is 13.8. The van der Waals surface area contributed by atoms with Gasteiger partial charge in [-0.2, -0.15) is 5.32 Å². The second kappa shape index (κ2) is 1.66. The van der Waals surface area contributed by atoms with Crippen LogP contribution in [0.1, 0.15) is 0 Å². The van der Waals surface area contributed by atoms with Gasteiger partial charge in [-0.15, -0.1) is 0 Å². The first-order chi connectivity index (χ1) is 4.86. The molecule has 2 amide bonds. The molecule has 0 aliphatic carbocycles. The van der Waals surface area contributed by atoms with Crippen molar-refractivity contribution in [1.29, 1.82) is 0 Å². The van der Waals surface area contributed by atoms with Crippen molar-refractivity contribution in [1.82, 2.24) is 15.3 Å². The third-order valence-electron chi connectivity index (χ3n) is 1.11. The first-order valence-corrected chi connectivity index (χ1v) is 2.70. The summed E-state index contributed by atoms with van der Waals surface area (Å²) in [7, 11) is 0. The lowest BCUT2D eigenvalue weighted by molar-refractivity contribution is 0.256. The highest BCUT2D eigenvalue weighted by Gasteiger charge is 2.20. The van der Waals surface area contributed by atoms with Crippen LogP contribution < -0.4 is 10.6 Å². The number of fused-ring (bicyclic) bond motifs is 1. The van der Waals surface area contributed by atoms with Gasteiger partial charge in [0.25, 0.3) is 0 Å². The van der Waals surface area contributed by atoms with Crippen molar-refractivity contribution < 1.29 is 4.79 Å². The molecule has 0 unspecified atom stereocenters.